The van der Waals surface area contributed by atoms with Crippen LogP contribution >= 0.6 is 0 Å². The average Bonchev–Trinajstić information content (AvgIpc) is 3.18. The second-order valence-electron chi connectivity index (χ2n) is 5.60. The molecule has 0 amide bonds. The van der Waals surface area contributed by atoms with Gasteiger partial charge in [-0.3, -0.25) is 4.79 Å². The molecular formula is C19H13FN4O3. The number of hydrogen-bond donors (Lipinski definition) is 0. The maximum Gasteiger partial charge on any atom is 0.282 e. The molecule has 2 aromatic heterocycles. The Hall–Kier alpha value is -3.81. The Morgan fingerprint density at radius 1 is 1.11 bits per heavy atom. The van der Waals surface area contributed by atoms with E-state index in [0.717, 1.165) is 0 Å². The van der Waals surface area contributed by atoms with Gasteiger partial charge in [0.05, 0.1) is 12.8 Å². The molecular weight excluding hydrogens is 351 g/mol. The highest BCUT2D eigenvalue weighted by Gasteiger charge is 2.16. The van der Waals surface area contributed by atoms with E-state index in [0.29, 0.717) is 22.8 Å². The van der Waals surface area contributed by atoms with Gasteiger partial charge in [-0.2, -0.15) is 10.1 Å². The highest BCUT2D eigenvalue weighted by molar-refractivity contribution is 5.58. The molecule has 8 heteroatoms. The summed E-state index contributed by atoms with van der Waals surface area (Å²) in [6, 6.07) is 14.2. The Bertz CT molecular complexity index is 1150. The minimum atomic E-state index is -0.408. The smallest absolute Gasteiger partial charge is 0.282 e. The van der Waals surface area contributed by atoms with Crippen LogP contribution in [0.4, 0.5) is 4.39 Å². The van der Waals surface area contributed by atoms with Crippen molar-refractivity contribution in [3.63, 3.8) is 0 Å². The van der Waals surface area contributed by atoms with Crippen molar-refractivity contribution in [2.45, 2.75) is 0 Å². The lowest BCUT2D eigenvalue weighted by molar-refractivity contribution is 0.414. The fourth-order valence-corrected chi connectivity index (χ4v) is 2.50. The number of halogens is 1. The summed E-state index contributed by atoms with van der Waals surface area (Å²) in [5.74, 6) is 0.589. The van der Waals surface area contributed by atoms with Crippen molar-refractivity contribution in [1.82, 2.24) is 19.9 Å². The van der Waals surface area contributed by atoms with Crippen molar-refractivity contribution in [2.24, 2.45) is 0 Å². The number of nitrogens with zero attached hydrogens (tertiary/aromatic N) is 4. The minimum absolute atomic E-state index is 0.0171. The van der Waals surface area contributed by atoms with Gasteiger partial charge in [0.25, 0.3) is 5.89 Å². The Labute approximate surface area is 152 Å². The lowest BCUT2D eigenvalue weighted by atomic mass is 10.2. The van der Waals surface area contributed by atoms with Gasteiger partial charge in [0, 0.05) is 17.8 Å². The number of rotatable bonds is 4. The Kier molecular flexibility index (Phi) is 4.21. The first-order valence-corrected chi connectivity index (χ1v) is 7.98. The van der Waals surface area contributed by atoms with E-state index >= 15 is 0 Å². The van der Waals surface area contributed by atoms with E-state index < -0.39 is 5.82 Å². The number of methoxy groups -OCH3 is 1. The van der Waals surface area contributed by atoms with Gasteiger partial charge in [-0.05, 0) is 42.5 Å². The fourth-order valence-electron chi connectivity index (χ4n) is 2.50. The van der Waals surface area contributed by atoms with Crippen LogP contribution in [0.25, 0.3) is 28.7 Å². The summed E-state index contributed by atoms with van der Waals surface area (Å²) in [4.78, 5) is 16.5. The molecule has 0 aliphatic carbocycles. The molecule has 27 heavy (non-hydrogen) atoms. The first-order chi connectivity index (χ1) is 13.1. The fraction of sp³-hybridized carbons (Fsp3) is 0.0526. The first kappa shape index (κ1) is 16.6. The molecule has 0 aliphatic rings. The molecule has 2 aromatic carbocycles. The van der Waals surface area contributed by atoms with Crippen molar-refractivity contribution in [2.75, 3.05) is 7.11 Å². The van der Waals surface area contributed by atoms with Crippen molar-refractivity contribution in [1.29, 1.82) is 0 Å². The third-order valence-electron chi connectivity index (χ3n) is 3.86. The van der Waals surface area contributed by atoms with Crippen LogP contribution in [0, 0.1) is 5.82 Å². The van der Waals surface area contributed by atoms with E-state index in [1.54, 1.807) is 43.5 Å². The standard InChI is InChI=1S/C19H13FN4O3/c1-26-15-7-5-12(6-8-15)18-21-19(27-23-18)17-16(25)9-10-24(22-17)14-4-2-3-13(20)11-14/h2-11H,1H3. The monoisotopic (exact) mass is 364 g/mol. The van der Waals surface area contributed by atoms with E-state index in [9.17, 15) is 9.18 Å². The van der Waals surface area contributed by atoms with E-state index in [1.807, 2.05) is 0 Å². The largest absolute Gasteiger partial charge is 0.497 e. The molecule has 2 heterocycles. The quantitative estimate of drug-likeness (QED) is 0.553. The van der Waals surface area contributed by atoms with E-state index in [1.165, 1.54) is 29.1 Å². The van der Waals surface area contributed by atoms with Gasteiger partial charge < -0.3 is 9.26 Å². The van der Waals surface area contributed by atoms with Crippen LogP contribution in [0.5, 0.6) is 5.75 Å². The zero-order chi connectivity index (χ0) is 18.8. The summed E-state index contributed by atoms with van der Waals surface area (Å²) in [5.41, 5.74) is 0.764. The van der Waals surface area contributed by atoms with Gasteiger partial charge in [0.1, 0.15) is 11.6 Å². The summed E-state index contributed by atoms with van der Waals surface area (Å²) in [5, 5.41) is 8.11. The van der Waals surface area contributed by atoms with Crippen LogP contribution in [0.2, 0.25) is 0 Å². The van der Waals surface area contributed by atoms with Crippen LogP contribution < -0.4 is 10.2 Å². The number of aromatic nitrogens is 4. The lowest BCUT2D eigenvalue weighted by Crippen LogP contribution is -2.12. The van der Waals surface area contributed by atoms with Gasteiger partial charge in [-0.1, -0.05) is 11.2 Å². The molecule has 0 atom stereocenters. The van der Waals surface area contributed by atoms with Crippen molar-refractivity contribution in [3.8, 4) is 34.4 Å². The topological polar surface area (TPSA) is 83.0 Å². The van der Waals surface area contributed by atoms with Crippen LogP contribution in [-0.4, -0.2) is 27.0 Å². The predicted molar refractivity (Wildman–Crippen MR) is 95.1 cm³/mol. The number of hydrogen-bond acceptors (Lipinski definition) is 6. The predicted octanol–water partition coefficient (Wildman–Crippen LogP) is 3.10. The van der Waals surface area contributed by atoms with Gasteiger partial charge >= 0.3 is 0 Å². The highest BCUT2D eigenvalue weighted by Crippen LogP contribution is 2.22. The molecule has 4 rings (SSSR count). The highest BCUT2D eigenvalue weighted by atomic mass is 19.1. The molecule has 7 nitrogen and oxygen atoms in total. The molecule has 134 valence electrons. The summed E-state index contributed by atoms with van der Waals surface area (Å²) in [7, 11) is 1.58. The van der Waals surface area contributed by atoms with Crippen molar-refractivity contribution in [3.05, 3.63) is 76.8 Å². The van der Waals surface area contributed by atoms with Gasteiger partial charge in [0.15, 0.2) is 5.69 Å². The van der Waals surface area contributed by atoms with Crippen molar-refractivity contribution >= 4 is 0 Å². The first-order valence-electron chi connectivity index (χ1n) is 7.98. The molecule has 0 bridgehead atoms. The Morgan fingerprint density at radius 3 is 2.67 bits per heavy atom. The Balaban J connectivity index is 1.72. The third-order valence-corrected chi connectivity index (χ3v) is 3.86. The zero-order valence-electron chi connectivity index (χ0n) is 14.2. The van der Waals surface area contributed by atoms with E-state index in [-0.39, 0.29) is 17.0 Å². The average molecular weight is 364 g/mol. The molecule has 0 radical (unpaired) electrons. The molecule has 0 saturated carbocycles. The molecule has 0 unspecified atom stereocenters. The van der Waals surface area contributed by atoms with Gasteiger partial charge in [-0.25, -0.2) is 9.07 Å². The summed E-state index contributed by atoms with van der Waals surface area (Å²) >= 11 is 0. The van der Waals surface area contributed by atoms with Crippen LogP contribution in [0.3, 0.4) is 0 Å². The van der Waals surface area contributed by atoms with Crippen LogP contribution in [-0.2, 0) is 0 Å². The second kappa shape index (κ2) is 6.83. The molecule has 0 saturated heterocycles. The maximum atomic E-state index is 13.4. The third kappa shape index (κ3) is 3.32. The van der Waals surface area contributed by atoms with E-state index in [4.69, 9.17) is 9.26 Å². The molecule has 0 aliphatic heterocycles. The molecule has 0 spiro atoms. The molecule has 4 aromatic rings. The second-order valence-corrected chi connectivity index (χ2v) is 5.60. The van der Waals surface area contributed by atoms with Crippen molar-refractivity contribution < 1.29 is 13.7 Å². The summed E-state index contributed by atoms with van der Waals surface area (Å²) < 4.78 is 25.1. The number of ether oxygens (including phenoxy) is 1. The minimum Gasteiger partial charge on any atom is -0.497 e. The molecule has 0 N–H and O–H groups in total. The van der Waals surface area contributed by atoms with Crippen LogP contribution in [0.15, 0.2) is 70.1 Å². The normalized spacial score (nSPS) is 10.7. The zero-order valence-corrected chi connectivity index (χ0v) is 14.2. The van der Waals surface area contributed by atoms with Gasteiger partial charge in [0.2, 0.25) is 11.3 Å². The van der Waals surface area contributed by atoms with Gasteiger partial charge in [-0.15, -0.1) is 0 Å². The summed E-state index contributed by atoms with van der Waals surface area (Å²) in [6.07, 6.45) is 1.45. The van der Waals surface area contributed by atoms with E-state index in [2.05, 4.69) is 15.2 Å². The molecule has 0 fully saturated rings. The summed E-state index contributed by atoms with van der Waals surface area (Å²) in [6.45, 7) is 0. The maximum absolute atomic E-state index is 13.4. The SMILES string of the molecule is COc1ccc(-c2noc(-c3nn(-c4cccc(F)c4)ccc3=O)n2)cc1. The van der Waals surface area contributed by atoms with Crippen LogP contribution in [0.1, 0.15) is 0 Å². The number of benzene rings is 2. The Morgan fingerprint density at radius 2 is 1.93 bits per heavy atom. The lowest BCUT2D eigenvalue weighted by Gasteiger charge is -2.05.